The fourth-order valence-electron chi connectivity index (χ4n) is 3.12. The van der Waals surface area contributed by atoms with Gasteiger partial charge in [0.15, 0.2) is 0 Å². The van der Waals surface area contributed by atoms with Crippen LogP contribution in [0.4, 0.5) is 4.48 Å². The summed E-state index contributed by atoms with van der Waals surface area (Å²) in [5, 5.41) is 1.02. The first kappa shape index (κ1) is 13.7. The van der Waals surface area contributed by atoms with Crippen molar-refractivity contribution in [1.29, 1.82) is 0 Å². The summed E-state index contributed by atoms with van der Waals surface area (Å²) < 4.78 is 13.9. The molecule has 0 aliphatic carbocycles. The Morgan fingerprint density at radius 3 is 2.31 bits per heavy atom. The molecule has 1 rings (SSSR count). The van der Waals surface area contributed by atoms with Gasteiger partial charge in [0.25, 0.3) is 0 Å². The summed E-state index contributed by atoms with van der Waals surface area (Å²) in [6, 6.07) is 0.0492. The van der Waals surface area contributed by atoms with Crippen LogP contribution in [-0.2, 0) is 0 Å². The Hall–Kier alpha value is -0.370. The van der Waals surface area contributed by atoms with Gasteiger partial charge in [-0.15, -0.1) is 9.60 Å². The minimum absolute atomic E-state index is 0.0492. The van der Waals surface area contributed by atoms with Gasteiger partial charge in [-0.3, -0.25) is 0 Å². The third kappa shape index (κ3) is 2.85. The molecule has 1 aliphatic rings. The van der Waals surface area contributed by atoms with Gasteiger partial charge in [-0.05, 0) is 44.9 Å². The Morgan fingerprint density at radius 1 is 1.31 bits per heavy atom. The van der Waals surface area contributed by atoms with Gasteiger partial charge in [0.2, 0.25) is 0 Å². The lowest BCUT2D eigenvalue weighted by Crippen LogP contribution is -2.25. The topological polar surface area (TPSA) is 3.24 Å². The maximum atomic E-state index is 13.9. The Kier molecular flexibility index (Phi) is 4.54. The van der Waals surface area contributed by atoms with Crippen molar-refractivity contribution in [1.82, 2.24) is 5.12 Å². The number of allylic oxidation sites excluding steroid dienone is 1. The Bertz CT molecular complexity index is 266. The Balaban J connectivity index is 3.06. The first-order valence-electron chi connectivity index (χ1n) is 6.43. The lowest BCUT2D eigenvalue weighted by molar-refractivity contribution is -0.00595. The number of hydrogen-bond acceptors (Lipinski definition) is 1. The fourth-order valence-corrected chi connectivity index (χ4v) is 3.12. The molecule has 16 heavy (non-hydrogen) atoms. The van der Waals surface area contributed by atoms with E-state index in [-0.39, 0.29) is 6.04 Å². The van der Waals surface area contributed by atoms with Gasteiger partial charge in [0, 0.05) is 6.04 Å². The molecular formula is C14H26FN. The molecular weight excluding hydrogens is 201 g/mol. The predicted molar refractivity (Wildman–Crippen MR) is 67.8 cm³/mol. The number of halogens is 1. The van der Waals surface area contributed by atoms with Crippen LogP contribution in [0.25, 0.3) is 0 Å². The molecule has 1 nitrogen and oxygen atoms in total. The normalized spacial score (nSPS) is 33.0. The van der Waals surface area contributed by atoms with Crippen molar-refractivity contribution >= 4 is 0 Å². The molecule has 3 unspecified atom stereocenters. The monoisotopic (exact) mass is 227 g/mol. The molecule has 0 radical (unpaired) electrons. The standard InChI is InChI=1S/C14H26FN/c1-9(2)13-8-16(15)12(6)7-11(5)14(13)10(3)4/h10-12,14H,7-8H2,1-6H3. The molecule has 2 heteroatoms. The second-order valence-electron chi connectivity index (χ2n) is 5.91. The molecule has 0 bridgehead atoms. The van der Waals surface area contributed by atoms with E-state index in [1.807, 2.05) is 6.92 Å². The molecule has 0 aromatic heterocycles. The molecule has 1 aliphatic heterocycles. The van der Waals surface area contributed by atoms with Crippen molar-refractivity contribution in [3.05, 3.63) is 11.1 Å². The summed E-state index contributed by atoms with van der Waals surface area (Å²) in [5.41, 5.74) is 2.61. The van der Waals surface area contributed by atoms with Crippen LogP contribution < -0.4 is 0 Å². The van der Waals surface area contributed by atoms with Crippen molar-refractivity contribution in [3.8, 4) is 0 Å². The molecule has 0 saturated carbocycles. The molecule has 0 spiro atoms. The van der Waals surface area contributed by atoms with Crippen molar-refractivity contribution < 1.29 is 4.48 Å². The minimum atomic E-state index is 0.0492. The molecule has 1 saturated heterocycles. The zero-order chi connectivity index (χ0) is 12.5. The van der Waals surface area contributed by atoms with E-state index in [0.717, 1.165) is 11.5 Å². The van der Waals surface area contributed by atoms with Crippen LogP contribution >= 0.6 is 0 Å². The van der Waals surface area contributed by atoms with E-state index in [1.165, 1.54) is 11.1 Å². The van der Waals surface area contributed by atoms with Crippen LogP contribution in [0.3, 0.4) is 0 Å². The average molecular weight is 227 g/mol. The van der Waals surface area contributed by atoms with Crippen LogP contribution in [0, 0.1) is 17.8 Å². The first-order valence-corrected chi connectivity index (χ1v) is 6.43. The Labute approximate surface area is 99.6 Å². The molecule has 0 aromatic carbocycles. The van der Waals surface area contributed by atoms with Crippen LogP contribution in [-0.4, -0.2) is 17.7 Å². The average Bonchev–Trinajstić information content (AvgIpc) is 2.24. The summed E-state index contributed by atoms with van der Waals surface area (Å²) >= 11 is 0. The van der Waals surface area contributed by atoms with E-state index in [1.54, 1.807) is 0 Å². The van der Waals surface area contributed by atoms with Crippen LogP contribution in [0.15, 0.2) is 11.1 Å². The first-order chi connectivity index (χ1) is 7.34. The Morgan fingerprint density at radius 2 is 1.88 bits per heavy atom. The van der Waals surface area contributed by atoms with Gasteiger partial charge in [0.05, 0.1) is 6.54 Å². The van der Waals surface area contributed by atoms with Crippen molar-refractivity contribution in [2.24, 2.45) is 17.8 Å². The third-order valence-corrected chi connectivity index (χ3v) is 3.89. The van der Waals surface area contributed by atoms with Crippen LogP contribution in [0.2, 0.25) is 0 Å². The van der Waals surface area contributed by atoms with E-state index in [9.17, 15) is 4.48 Å². The molecule has 1 fully saturated rings. The van der Waals surface area contributed by atoms with Gasteiger partial charge >= 0.3 is 0 Å². The lowest BCUT2D eigenvalue weighted by Gasteiger charge is -2.28. The lowest BCUT2D eigenvalue weighted by atomic mass is 9.76. The minimum Gasteiger partial charge on any atom is -0.140 e. The number of rotatable bonds is 1. The highest BCUT2D eigenvalue weighted by atomic mass is 19.2. The van der Waals surface area contributed by atoms with Gasteiger partial charge < -0.3 is 0 Å². The summed E-state index contributed by atoms with van der Waals surface area (Å²) in [5.74, 6) is 1.70. The molecule has 0 N–H and O–H groups in total. The molecule has 94 valence electrons. The second kappa shape index (κ2) is 5.31. The summed E-state index contributed by atoms with van der Waals surface area (Å²) in [4.78, 5) is 0. The zero-order valence-corrected chi connectivity index (χ0v) is 11.5. The highest BCUT2D eigenvalue weighted by Gasteiger charge is 2.33. The maximum Gasteiger partial charge on any atom is 0.0509 e. The van der Waals surface area contributed by atoms with Crippen LogP contribution in [0.1, 0.15) is 48.0 Å². The van der Waals surface area contributed by atoms with E-state index in [2.05, 4.69) is 34.6 Å². The van der Waals surface area contributed by atoms with Crippen LogP contribution in [0.5, 0.6) is 0 Å². The second-order valence-corrected chi connectivity index (χ2v) is 5.91. The van der Waals surface area contributed by atoms with E-state index in [0.29, 0.717) is 24.3 Å². The van der Waals surface area contributed by atoms with E-state index in [4.69, 9.17) is 0 Å². The number of nitrogens with zero attached hydrogens (tertiary/aromatic N) is 1. The van der Waals surface area contributed by atoms with Crippen molar-refractivity contribution in [3.63, 3.8) is 0 Å². The smallest absolute Gasteiger partial charge is 0.0509 e. The summed E-state index contributed by atoms with van der Waals surface area (Å²) in [6.07, 6.45) is 0.954. The van der Waals surface area contributed by atoms with Crippen molar-refractivity contribution in [2.75, 3.05) is 6.54 Å². The fraction of sp³-hybridized carbons (Fsp3) is 0.857. The van der Waals surface area contributed by atoms with Gasteiger partial charge in [-0.2, -0.15) is 0 Å². The number of hydrogen-bond donors (Lipinski definition) is 0. The maximum absolute atomic E-state index is 13.9. The largest absolute Gasteiger partial charge is 0.140 e. The summed E-state index contributed by atoms with van der Waals surface area (Å²) in [7, 11) is 0. The third-order valence-electron chi connectivity index (χ3n) is 3.89. The molecule has 0 amide bonds. The SMILES string of the molecule is CC(C)=C1CN(F)C(C)CC(C)C1C(C)C. The molecule has 3 atom stereocenters. The molecule has 0 aromatic rings. The van der Waals surface area contributed by atoms with E-state index >= 15 is 0 Å². The highest BCUT2D eigenvalue weighted by Crippen LogP contribution is 2.37. The highest BCUT2D eigenvalue weighted by molar-refractivity contribution is 5.18. The van der Waals surface area contributed by atoms with Crippen molar-refractivity contribution in [2.45, 2.75) is 54.0 Å². The van der Waals surface area contributed by atoms with E-state index < -0.39 is 0 Å². The van der Waals surface area contributed by atoms with Gasteiger partial charge in [-0.25, -0.2) is 0 Å². The molecule has 1 heterocycles. The predicted octanol–water partition coefficient (Wildman–Crippen LogP) is 4.21. The zero-order valence-electron chi connectivity index (χ0n) is 11.5. The van der Waals surface area contributed by atoms with Gasteiger partial charge in [0.1, 0.15) is 0 Å². The summed E-state index contributed by atoms with van der Waals surface area (Å²) in [6.45, 7) is 13.5. The quantitative estimate of drug-likeness (QED) is 0.479. The van der Waals surface area contributed by atoms with Gasteiger partial charge in [-0.1, -0.05) is 31.9 Å².